The van der Waals surface area contributed by atoms with E-state index in [2.05, 4.69) is 4.90 Å². The molecule has 1 atom stereocenters. The van der Waals surface area contributed by atoms with E-state index in [4.69, 9.17) is 0 Å². The van der Waals surface area contributed by atoms with Crippen LogP contribution < -0.4 is 4.90 Å². The smallest absolute Gasteiger partial charge is 0.165 e. The first-order valence-corrected chi connectivity index (χ1v) is 7.01. The second-order valence-electron chi connectivity index (χ2n) is 5.98. The summed E-state index contributed by atoms with van der Waals surface area (Å²) in [5.74, 6) is 0.390. The summed E-state index contributed by atoms with van der Waals surface area (Å²) in [5.41, 5.74) is 1.01. The lowest BCUT2D eigenvalue weighted by Crippen LogP contribution is -2.45. The summed E-state index contributed by atoms with van der Waals surface area (Å²) >= 11 is 0. The lowest BCUT2D eigenvalue weighted by Gasteiger charge is -2.35. The van der Waals surface area contributed by atoms with E-state index in [-0.39, 0.29) is 11.7 Å². The molecule has 1 aromatic rings. The summed E-state index contributed by atoms with van der Waals surface area (Å²) in [6, 6.07) is 7.73. The molecule has 1 aliphatic rings. The molecule has 1 heterocycles. The summed E-state index contributed by atoms with van der Waals surface area (Å²) in [7, 11) is 0. The molecule has 104 valence electrons. The first kappa shape index (κ1) is 14.1. The fraction of sp³-hybridized carbons (Fsp3) is 0.562. The Kier molecular flexibility index (Phi) is 3.95. The van der Waals surface area contributed by atoms with Crippen molar-refractivity contribution in [3.63, 3.8) is 0 Å². The van der Waals surface area contributed by atoms with Crippen LogP contribution in [0.25, 0.3) is 0 Å². The zero-order chi connectivity index (χ0) is 14.0. The monoisotopic (exact) mass is 261 g/mol. The Morgan fingerprint density at radius 1 is 1.37 bits per heavy atom. The van der Waals surface area contributed by atoms with Gasteiger partial charge in [0.15, 0.2) is 5.78 Å². The maximum atomic E-state index is 12.1. The number of carbonyl (C=O) groups excluding carboxylic acids is 1. The molecule has 0 aromatic heterocycles. The number of Topliss-reactive ketones (excluding diaryl/α,β-unsaturated/α-hetero) is 1. The highest BCUT2D eigenvalue weighted by atomic mass is 16.3. The van der Waals surface area contributed by atoms with E-state index >= 15 is 0 Å². The molecular formula is C16H23NO2. The quantitative estimate of drug-likeness (QED) is 0.909. The molecule has 1 N–H and O–H groups in total. The molecular weight excluding hydrogens is 238 g/mol. The number of benzene rings is 1. The van der Waals surface area contributed by atoms with Crippen molar-refractivity contribution >= 4 is 11.5 Å². The van der Waals surface area contributed by atoms with Crippen molar-refractivity contribution in [3.8, 4) is 0 Å². The Balaban J connectivity index is 2.31. The Morgan fingerprint density at radius 2 is 2.05 bits per heavy atom. The van der Waals surface area contributed by atoms with E-state index in [1.807, 2.05) is 45.0 Å². The van der Waals surface area contributed by atoms with Crippen LogP contribution >= 0.6 is 0 Å². The summed E-state index contributed by atoms with van der Waals surface area (Å²) in [6.45, 7) is 7.30. The van der Waals surface area contributed by atoms with Gasteiger partial charge < -0.3 is 10.0 Å². The van der Waals surface area contributed by atoms with Gasteiger partial charge in [-0.3, -0.25) is 4.79 Å². The lowest BCUT2D eigenvalue weighted by atomic mass is 9.91. The molecule has 2 rings (SSSR count). The molecule has 3 nitrogen and oxygen atoms in total. The molecule has 1 unspecified atom stereocenters. The third-order valence-corrected chi connectivity index (χ3v) is 4.13. The SMILES string of the molecule is CC(C)C(C)(O)CN1CCCC(=O)c2ccccc21. The van der Waals surface area contributed by atoms with Crippen LogP contribution in [-0.4, -0.2) is 29.6 Å². The minimum absolute atomic E-state index is 0.179. The van der Waals surface area contributed by atoms with Crippen molar-refractivity contribution in [1.82, 2.24) is 0 Å². The second-order valence-corrected chi connectivity index (χ2v) is 5.98. The topological polar surface area (TPSA) is 40.5 Å². The Bertz CT molecular complexity index is 466. The minimum atomic E-state index is -0.750. The van der Waals surface area contributed by atoms with Gasteiger partial charge in [0.1, 0.15) is 0 Å². The molecule has 0 radical (unpaired) electrons. The van der Waals surface area contributed by atoms with Gasteiger partial charge >= 0.3 is 0 Å². The molecule has 0 saturated carbocycles. The standard InChI is InChI=1S/C16H23NO2/c1-12(2)16(3,19)11-17-10-6-9-15(18)13-7-4-5-8-14(13)17/h4-5,7-8,12,19H,6,9-11H2,1-3H3. The van der Waals surface area contributed by atoms with E-state index in [1.54, 1.807) is 0 Å². The average Bonchev–Trinajstić information content (AvgIpc) is 2.50. The molecule has 1 aromatic carbocycles. The minimum Gasteiger partial charge on any atom is -0.388 e. The lowest BCUT2D eigenvalue weighted by molar-refractivity contribution is 0.0206. The fourth-order valence-corrected chi connectivity index (χ4v) is 2.40. The maximum Gasteiger partial charge on any atom is 0.165 e. The van der Waals surface area contributed by atoms with E-state index in [0.717, 1.165) is 24.2 Å². The number of hydrogen-bond donors (Lipinski definition) is 1. The number of β-amino-alcohol motifs (C(OH)–C–C–N with tert-alkyl or cyclic N) is 1. The summed E-state index contributed by atoms with van der Waals surface area (Å²) in [5, 5.41) is 10.5. The van der Waals surface area contributed by atoms with Gasteiger partial charge in [0.2, 0.25) is 0 Å². The normalized spacial score (nSPS) is 19.0. The number of fused-ring (bicyclic) bond motifs is 1. The van der Waals surface area contributed by atoms with Gasteiger partial charge in [-0.1, -0.05) is 26.0 Å². The van der Waals surface area contributed by atoms with E-state index in [1.165, 1.54) is 0 Å². The first-order valence-electron chi connectivity index (χ1n) is 7.01. The van der Waals surface area contributed by atoms with Gasteiger partial charge in [-0.05, 0) is 31.4 Å². The van der Waals surface area contributed by atoms with Gasteiger partial charge in [0, 0.05) is 30.8 Å². The van der Waals surface area contributed by atoms with Crippen LogP contribution in [0.3, 0.4) is 0 Å². The fourth-order valence-electron chi connectivity index (χ4n) is 2.40. The summed E-state index contributed by atoms with van der Waals surface area (Å²) < 4.78 is 0. The number of aliphatic hydroxyl groups is 1. The molecule has 0 fully saturated rings. The van der Waals surface area contributed by atoms with Crippen LogP contribution in [0.1, 0.15) is 44.0 Å². The molecule has 19 heavy (non-hydrogen) atoms. The van der Waals surface area contributed by atoms with Crippen LogP contribution in [-0.2, 0) is 0 Å². The van der Waals surface area contributed by atoms with Crippen molar-refractivity contribution in [2.24, 2.45) is 5.92 Å². The number of anilines is 1. The zero-order valence-corrected chi connectivity index (χ0v) is 12.0. The largest absolute Gasteiger partial charge is 0.388 e. The molecule has 3 heteroatoms. The number of carbonyl (C=O) groups is 1. The molecule has 0 saturated heterocycles. The summed E-state index contributed by atoms with van der Waals surface area (Å²) in [4.78, 5) is 14.2. The molecule has 0 amide bonds. The molecule has 1 aliphatic heterocycles. The van der Waals surface area contributed by atoms with Crippen molar-refractivity contribution in [2.75, 3.05) is 18.0 Å². The first-order chi connectivity index (χ1) is 8.92. The van der Waals surface area contributed by atoms with Crippen LogP contribution in [0.5, 0.6) is 0 Å². The Morgan fingerprint density at radius 3 is 2.74 bits per heavy atom. The van der Waals surface area contributed by atoms with Crippen molar-refractivity contribution in [1.29, 1.82) is 0 Å². The maximum absolute atomic E-state index is 12.1. The number of ketones is 1. The number of hydrogen-bond acceptors (Lipinski definition) is 3. The van der Waals surface area contributed by atoms with Gasteiger partial charge in [-0.2, -0.15) is 0 Å². The predicted octanol–water partition coefficient (Wildman–Crippen LogP) is 2.88. The highest BCUT2D eigenvalue weighted by molar-refractivity contribution is 6.01. The van der Waals surface area contributed by atoms with Crippen LogP contribution in [0, 0.1) is 5.92 Å². The average molecular weight is 261 g/mol. The molecule has 0 bridgehead atoms. The highest BCUT2D eigenvalue weighted by Crippen LogP contribution is 2.29. The van der Waals surface area contributed by atoms with E-state index in [0.29, 0.717) is 13.0 Å². The second kappa shape index (κ2) is 5.33. The van der Waals surface area contributed by atoms with Crippen molar-refractivity contribution < 1.29 is 9.90 Å². The molecule has 0 aliphatic carbocycles. The van der Waals surface area contributed by atoms with Gasteiger partial charge in [-0.25, -0.2) is 0 Å². The van der Waals surface area contributed by atoms with Gasteiger partial charge in [0.05, 0.1) is 5.60 Å². The Hall–Kier alpha value is -1.35. The van der Waals surface area contributed by atoms with E-state index < -0.39 is 5.60 Å². The summed E-state index contributed by atoms with van der Waals surface area (Å²) in [6.07, 6.45) is 1.44. The van der Waals surface area contributed by atoms with Crippen LogP contribution in [0.15, 0.2) is 24.3 Å². The van der Waals surface area contributed by atoms with Gasteiger partial charge in [-0.15, -0.1) is 0 Å². The third kappa shape index (κ3) is 2.98. The predicted molar refractivity (Wildman–Crippen MR) is 77.7 cm³/mol. The number of nitrogens with zero attached hydrogens (tertiary/aromatic N) is 1. The number of rotatable bonds is 3. The molecule has 0 spiro atoms. The Labute approximate surface area is 115 Å². The van der Waals surface area contributed by atoms with Crippen LogP contribution in [0.2, 0.25) is 0 Å². The number of para-hydroxylation sites is 1. The highest BCUT2D eigenvalue weighted by Gasteiger charge is 2.30. The van der Waals surface area contributed by atoms with Gasteiger partial charge in [0.25, 0.3) is 0 Å². The van der Waals surface area contributed by atoms with Crippen molar-refractivity contribution in [3.05, 3.63) is 29.8 Å². The van der Waals surface area contributed by atoms with Crippen molar-refractivity contribution in [2.45, 2.75) is 39.2 Å². The zero-order valence-electron chi connectivity index (χ0n) is 12.0. The van der Waals surface area contributed by atoms with E-state index in [9.17, 15) is 9.90 Å². The van der Waals surface area contributed by atoms with Crippen LogP contribution in [0.4, 0.5) is 5.69 Å². The third-order valence-electron chi connectivity index (χ3n) is 4.13.